The number of nitrogens with two attached hydrogens (primary N) is 1. The van der Waals surface area contributed by atoms with E-state index >= 15 is 0 Å². The van der Waals surface area contributed by atoms with Gasteiger partial charge in [-0.1, -0.05) is 6.42 Å². The lowest BCUT2D eigenvalue weighted by Crippen LogP contribution is -2.30. The molecule has 0 spiro atoms. The van der Waals surface area contributed by atoms with Crippen LogP contribution in [0, 0.1) is 25.7 Å². The summed E-state index contributed by atoms with van der Waals surface area (Å²) in [5.74, 6) is 2.15. The molecule has 0 radical (unpaired) electrons. The molecule has 6 heteroatoms. The average Bonchev–Trinajstić information content (AvgIpc) is 3.00. The highest BCUT2D eigenvalue weighted by molar-refractivity contribution is 7.89. The lowest BCUT2D eigenvalue weighted by atomic mass is 10.0. The minimum atomic E-state index is -3.47. The van der Waals surface area contributed by atoms with Crippen LogP contribution in [0.15, 0.2) is 9.31 Å². The molecule has 2 N–H and O–H groups in total. The SMILES string of the molecule is Cc1oc(C)c(S(=O)(=O)N2CC3CCCC3C2)c1CN. The van der Waals surface area contributed by atoms with Crippen molar-refractivity contribution in [1.82, 2.24) is 4.31 Å². The molecular formula is C14H22N2O3S. The van der Waals surface area contributed by atoms with E-state index in [1.807, 2.05) is 0 Å². The van der Waals surface area contributed by atoms with Crippen molar-refractivity contribution in [2.24, 2.45) is 17.6 Å². The van der Waals surface area contributed by atoms with Gasteiger partial charge in [0, 0.05) is 25.2 Å². The predicted octanol–water partition coefficient (Wildman–Crippen LogP) is 1.78. The second-order valence-corrected chi connectivity index (χ2v) is 7.87. The fourth-order valence-electron chi connectivity index (χ4n) is 3.80. The van der Waals surface area contributed by atoms with Crippen LogP contribution >= 0.6 is 0 Å². The molecule has 2 fully saturated rings. The number of furan rings is 1. The number of fused-ring (bicyclic) bond motifs is 1. The van der Waals surface area contributed by atoms with Crippen LogP contribution in [0.2, 0.25) is 0 Å². The van der Waals surface area contributed by atoms with Gasteiger partial charge in [-0.15, -0.1) is 0 Å². The second kappa shape index (κ2) is 4.86. The van der Waals surface area contributed by atoms with E-state index in [-0.39, 0.29) is 6.54 Å². The summed E-state index contributed by atoms with van der Waals surface area (Å²) in [6.45, 7) is 4.97. The lowest BCUT2D eigenvalue weighted by molar-refractivity contribution is 0.441. The largest absolute Gasteiger partial charge is 0.465 e. The van der Waals surface area contributed by atoms with Crippen LogP contribution in [0.3, 0.4) is 0 Å². The smallest absolute Gasteiger partial charge is 0.246 e. The summed E-state index contributed by atoms with van der Waals surface area (Å²) in [6.07, 6.45) is 3.55. The molecule has 2 aliphatic rings. The van der Waals surface area contributed by atoms with Crippen molar-refractivity contribution in [2.45, 2.75) is 44.6 Å². The molecule has 0 amide bonds. The van der Waals surface area contributed by atoms with Gasteiger partial charge in [0.05, 0.1) is 0 Å². The van der Waals surface area contributed by atoms with E-state index in [0.29, 0.717) is 46.9 Å². The third-order valence-corrected chi connectivity index (χ3v) is 6.85. The lowest BCUT2D eigenvalue weighted by Gasteiger charge is -2.17. The normalized spacial score (nSPS) is 27.1. The maximum Gasteiger partial charge on any atom is 0.246 e. The Kier molecular flexibility index (Phi) is 3.43. The summed E-state index contributed by atoms with van der Waals surface area (Å²) in [4.78, 5) is 0.303. The molecule has 1 saturated carbocycles. The molecule has 1 aromatic heterocycles. The van der Waals surface area contributed by atoms with E-state index < -0.39 is 10.0 Å². The van der Waals surface area contributed by atoms with E-state index in [1.54, 1.807) is 18.2 Å². The Morgan fingerprint density at radius 3 is 2.35 bits per heavy atom. The maximum atomic E-state index is 12.9. The molecule has 5 nitrogen and oxygen atoms in total. The molecule has 1 aromatic rings. The van der Waals surface area contributed by atoms with Gasteiger partial charge in [-0.05, 0) is 38.5 Å². The Morgan fingerprint density at radius 2 is 1.80 bits per heavy atom. The molecule has 2 heterocycles. The van der Waals surface area contributed by atoms with Crippen LogP contribution in [-0.2, 0) is 16.6 Å². The van der Waals surface area contributed by atoms with Gasteiger partial charge in [0.1, 0.15) is 16.4 Å². The highest BCUT2D eigenvalue weighted by Crippen LogP contribution is 2.41. The van der Waals surface area contributed by atoms with Crippen molar-refractivity contribution in [2.75, 3.05) is 13.1 Å². The fraction of sp³-hybridized carbons (Fsp3) is 0.714. The monoisotopic (exact) mass is 298 g/mol. The first-order valence-corrected chi connectivity index (χ1v) is 8.68. The van der Waals surface area contributed by atoms with Crippen molar-refractivity contribution in [3.63, 3.8) is 0 Å². The van der Waals surface area contributed by atoms with Gasteiger partial charge in [-0.3, -0.25) is 0 Å². The van der Waals surface area contributed by atoms with Gasteiger partial charge in [-0.25, -0.2) is 8.42 Å². The van der Waals surface area contributed by atoms with Gasteiger partial charge >= 0.3 is 0 Å². The van der Waals surface area contributed by atoms with Crippen LogP contribution in [0.25, 0.3) is 0 Å². The quantitative estimate of drug-likeness (QED) is 0.922. The summed E-state index contributed by atoms with van der Waals surface area (Å²) in [7, 11) is -3.47. The summed E-state index contributed by atoms with van der Waals surface area (Å²) in [5, 5.41) is 0. The zero-order valence-corrected chi connectivity index (χ0v) is 12.9. The van der Waals surface area contributed by atoms with E-state index in [2.05, 4.69) is 0 Å². The Hall–Kier alpha value is -0.850. The van der Waals surface area contributed by atoms with Crippen LogP contribution in [-0.4, -0.2) is 25.8 Å². The van der Waals surface area contributed by atoms with Gasteiger partial charge in [0.25, 0.3) is 0 Å². The average molecular weight is 298 g/mol. The van der Waals surface area contributed by atoms with Crippen molar-refractivity contribution in [3.05, 3.63) is 17.1 Å². The molecule has 0 aromatic carbocycles. The van der Waals surface area contributed by atoms with Crippen LogP contribution < -0.4 is 5.73 Å². The molecule has 112 valence electrons. The fourth-order valence-corrected chi connectivity index (χ4v) is 5.78. The topological polar surface area (TPSA) is 76.5 Å². The van der Waals surface area contributed by atoms with Gasteiger partial charge in [0.2, 0.25) is 10.0 Å². The molecule has 20 heavy (non-hydrogen) atoms. The summed E-state index contributed by atoms with van der Waals surface area (Å²) < 4.78 is 32.9. The van der Waals surface area contributed by atoms with E-state index in [1.165, 1.54) is 6.42 Å². The minimum Gasteiger partial charge on any atom is -0.465 e. The summed E-state index contributed by atoms with van der Waals surface area (Å²) in [5.41, 5.74) is 6.33. The summed E-state index contributed by atoms with van der Waals surface area (Å²) in [6, 6.07) is 0. The first-order valence-electron chi connectivity index (χ1n) is 7.24. The molecule has 0 bridgehead atoms. The molecule has 2 atom stereocenters. The van der Waals surface area contributed by atoms with E-state index in [0.717, 1.165) is 12.8 Å². The Morgan fingerprint density at radius 1 is 1.20 bits per heavy atom. The first-order chi connectivity index (χ1) is 9.45. The number of sulfonamides is 1. The highest BCUT2D eigenvalue weighted by Gasteiger charge is 2.43. The van der Waals surface area contributed by atoms with Gasteiger partial charge in [0.15, 0.2) is 0 Å². The predicted molar refractivity (Wildman–Crippen MR) is 75.7 cm³/mol. The number of nitrogens with zero attached hydrogens (tertiary/aromatic N) is 1. The van der Waals surface area contributed by atoms with Crippen LogP contribution in [0.1, 0.15) is 36.3 Å². The molecule has 1 aliphatic heterocycles. The van der Waals surface area contributed by atoms with Gasteiger partial charge < -0.3 is 10.2 Å². The zero-order valence-electron chi connectivity index (χ0n) is 12.1. The van der Waals surface area contributed by atoms with Crippen molar-refractivity contribution >= 4 is 10.0 Å². The van der Waals surface area contributed by atoms with Crippen molar-refractivity contribution in [3.8, 4) is 0 Å². The Labute approximate surface area is 120 Å². The third-order valence-electron chi connectivity index (χ3n) is 4.82. The van der Waals surface area contributed by atoms with Crippen LogP contribution in [0.5, 0.6) is 0 Å². The maximum absolute atomic E-state index is 12.9. The van der Waals surface area contributed by atoms with E-state index in [9.17, 15) is 8.42 Å². The highest BCUT2D eigenvalue weighted by atomic mass is 32.2. The zero-order chi connectivity index (χ0) is 14.5. The van der Waals surface area contributed by atoms with Crippen LogP contribution in [0.4, 0.5) is 0 Å². The Balaban J connectivity index is 1.97. The van der Waals surface area contributed by atoms with E-state index in [4.69, 9.17) is 10.2 Å². The molecule has 1 saturated heterocycles. The first kappa shape index (κ1) is 14.1. The number of hydrogen-bond acceptors (Lipinski definition) is 4. The summed E-state index contributed by atoms with van der Waals surface area (Å²) >= 11 is 0. The number of aryl methyl sites for hydroxylation is 2. The van der Waals surface area contributed by atoms with Gasteiger partial charge in [-0.2, -0.15) is 4.31 Å². The molecular weight excluding hydrogens is 276 g/mol. The molecule has 2 unspecified atom stereocenters. The van der Waals surface area contributed by atoms with Crippen molar-refractivity contribution in [1.29, 1.82) is 0 Å². The van der Waals surface area contributed by atoms with Crippen molar-refractivity contribution < 1.29 is 12.8 Å². The molecule has 3 rings (SSSR count). The third kappa shape index (κ3) is 2.01. The number of rotatable bonds is 3. The second-order valence-electron chi connectivity index (χ2n) is 6.00. The minimum absolute atomic E-state index is 0.193. The Bertz CT molecular complexity index is 609. The molecule has 1 aliphatic carbocycles. The number of hydrogen-bond donors (Lipinski definition) is 1. The standard InChI is InChI=1S/C14H22N2O3S/c1-9-13(6-15)14(10(2)19-9)20(17,18)16-7-11-4-3-5-12(11)8-16/h11-12H,3-8,15H2,1-2H3.